The summed E-state index contributed by atoms with van der Waals surface area (Å²) < 4.78 is 0. The molecule has 0 radical (unpaired) electrons. The van der Waals surface area contributed by atoms with E-state index in [2.05, 4.69) is 16.7 Å². The lowest BCUT2D eigenvalue weighted by Gasteiger charge is -2.40. The molecular formula is C31H40N4O3. The van der Waals surface area contributed by atoms with E-state index in [1.54, 1.807) is 0 Å². The number of hydrogen-bond donors (Lipinski definition) is 2. The second-order valence-electron chi connectivity index (χ2n) is 11.6. The summed E-state index contributed by atoms with van der Waals surface area (Å²) in [5.41, 5.74) is 3.83. The van der Waals surface area contributed by atoms with Crippen LogP contribution in [0.1, 0.15) is 66.4 Å². The number of aryl methyl sites for hydroxylation is 2. The molecule has 38 heavy (non-hydrogen) atoms. The molecule has 2 N–H and O–H groups in total. The Kier molecular flexibility index (Phi) is 7.73. The van der Waals surface area contributed by atoms with E-state index in [1.807, 2.05) is 66.1 Å². The highest BCUT2D eigenvalue weighted by molar-refractivity contribution is 5.95. The van der Waals surface area contributed by atoms with Crippen LogP contribution < -0.4 is 10.6 Å². The van der Waals surface area contributed by atoms with Crippen LogP contribution >= 0.6 is 0 Å². The average Bonchev–Trinajstić information content (AvgIpc) is 3.34. The summed E-state index contributed by atoms with van der Waals surface area (Å²) in [4.78, 5) is 43.4. The molecule has 2 saturated heterocycles. The van der Waals surface area contributed by atoms with Crippen LogP contribution in [0.25, 0.3) is 0 Å². The lowest BCUT2D eigenvalue weighted by Crippen LogP contribution is -2.50. The molecule has 5 rings (SSSR count). The van der Waals surface area contributed by atoms with Crippen LogP contribution in [0.15, 0.2) is 48.5 Å². The largest absolute Gasteiger partial charge is 0.349 e. The molecular weight excluding hydrogens is 476 g/mol. The van der Waals surface area contributed by atoms with Gasteiger partial charge < -0.3 is 20.4 Å². The molecule has 1 aliphatic carbocycles. The molecule has 0 bridgehead atoms. The molecule has 3 fully saturated rings. The number of nitrogens with zero attached hydrogens (tertiary/aromatic N) is 2. The number of amides is 4. The van der Waals surface area contributed by atoms with Crippen molar-refractivity contribution in [1.29, 1.82) is 0 Å². The van der Waals surface area contributed by atoms with E-state index in [0.29, 0.717) is 18.7 Å². The Morgan fingerprint density at radius 3 is 2.26 bits per heavy atom. The van der Waals surface area contributed by atoms with Gasteiger partial charge in [0.25, 0.3) is 5.91 Å². The van der Waals surface area contributed by atoms with Gasteiger partial charge in [-0.25, -0.2) is 4.79 Å². The first-order valence-electron chi connectivity index (χ1n) is 14.1. The van der Waals surface area contributed by atoms with E-state index < -0.39 is 0 Å². The molecule has 7 nitrogen and oxygen atoms in total. The summed E-state index contributed by atoms with van der Waals surface area (Å²) in [6.07, 6.45) is 6.54. The Hall–Kier alpha value is -3.35. The average molecular weight is 517 g/mol. The maximum Gasteiger partial charge on any atom is 0.321 e. The predicted molar refractivity (Wildman–Crippen MR) is 149 cm³/mol. The second-order valence-corrected chi connectivity index (χ2v) is 11.6. The molecule has 3 aliphatic rings. The number of carbonyl (C=O) groups excluding carboxylic acids is 3. The molecule has 1 spiro atoms. The van der Waals surface area contributed by atoms with Crippen molar-refractivity contribution in [2.24, 2.45) is 11.3 Å². The zero-order valence-corrected chi connectivity index (χ0v) is 22.7. The molecule has 7 heteroatoms. The monoisotopic (exact) mass is 516 g/mol. The van der Waals surface area contributed by atoms with Gasteiger partial charge in [0, 0.05) is 43.5 Å². The van der Waals surface area contributed by atoms with Gasteiger partial charge in [0.15, 0.2) is 0 Å². The lowest BCUT2D eigenvalue weighted by atomic mass is 9.77. The van der Waals surface area contributed by atoms with E-state index in [0.717, 1.165) is 69.3 Å². The number of benzene rings is 2. The van der Waals surface area contributed by atoms with Crippen LogP contribution in [-0.2, 0) is 4.79 Å². The first-order valence-corrected chi connectivity index (χ1v) is 14.1. The number of anilines is 1. The fourth-order valence-electron chi connectivity index (χ4n) is 6.54. The van der Waals surface area contributed by atoms with Gasteiger partial charge in [-0.2, -0.15) is 0 Å². The van der Waals surface area contributed by atoms with Gasteiger partial charge in [-0.1, -0.05) is 48.7 Å². The quantitative estimate of drug-likeness (QED) is 0.591. The molecule has 1 saturated carbocycles. The third-order valence-electron chi connectivity index (χ3n) is 8.92. The fourth-order valence-corrected chi connectivity index (χ4v) is 6.54. The number of rotatable bonds is 4. The van der Waals surface area contributed by atoms with Crippen molar-refractivity contribution in [3.8, 4) is 0 Å². The topological polar surface area (TPSA) is 81.8 Å². The Balaban J connectivity index is 1.15. The van der Waals surface area contributed by atoms with Crippen molar-refractivity contribution in [3.05, 3.63) is 65.2 Å². The Morgan fingerprint density at radius 1 is 0.868 bits per heavy atom. The van der Waals surface area contributed by atoms with E-state index in [9.17, 15) is 14.4 Å². The minimum Gasteiger partial charge on any atom is -0.349 e. The summed E-state index contributed by atoms with van der Waals surface area (Å²) >= 11 is 0. The molecule has 202 valence electrons. The van der Waals surface area contributed by atoms with Gasteiger partial charge in [0.05, 0.1) is 5.92 Å². The molecule has 2 aromatic carbocycles. The Morgan fingerprint density at radius 2 is 1.55 bits per heavy atom. The van der Waals surface area contributed by atoms with Gasteiger partial charge >= 0.3 is 6.03 Å². The first kappa shape index (κ1) is 26.3. The number of nitrogens with one attached hydrogen (secondary N) is 2. The van der Waals surface area contributed by atoms with Crippen LogP contribution in [0.3, 0.4) is 0 Å². The molecule has 0 unspecified atom stereocenters. The zero-order chi connectivity index (χ0) is 26.7. The second kappa shape index (κ2) is 11.2. The number of urea groups is 1. The molecule has 2 aromatic rings. The third-order valence-corrected chi connectivity index (χ3v) is 8.92. The smallest absolute Gasteiger partial charge is 0.321 e. The number of piperidine rings is 1. The molecule has 2 heterocycles. The van der Waals surface area contributed by atoms with Gasteiger partial charge in [-0.3, -0.25) is 9.59 Å². The predicted octanol–water partition coefficient (Wildman–Crippen LogP) is 5.14. The summed E-state index contributed by atoms with van der Waals surface area (Å²) in [6.45, 7) is 7.00. The Bertz CT molecular complexity index is 1170. The summed E-state index contributed by atoms with van der Waals surface area (Å²) in [5.74, 6) is -0.0650. The number of hydrogen-bond acceptors (Lipinski definition) is 3. The highest BCUT2D eigenvalue weighted by Crippen LogP contribution is 2.41. The van der Waals surface area contributed by atoms with E-state index in [1.165, 1.54) is 5.56 Å². The van der Waals surface area contributed by atoms with E-state index in [4.69, 9.17) is 0 Å². The summed E-state index contributed by atoms with van der Waals surface area (Å²) in [5, 5.41) is 6.24. The van der Waals surface area contributed by atoms with E-state index in [-0.39, 0.29) is 35.2 Å². The SMILES string of the molecule is Cc1ccc(NC(=O)N2CCC3(CC2)CCN(C(=O)[C@H]2CCCC[C@H]2NC(=O)c2ccccc2)C3)c(C)c1. The van der Waals surface area contributed by atoms with Crippen LogP contribution in [0.5, 0.6) is 0 Å². The van der Waals surface area contributed by atoms with Crippen molar-refractivity contribution in [2.75, 3.05) is 31.5 Å². The number of carbonyl (C=O) groups is 3. The molecule has 2 aliphatic heterocycles. The fraction of sp³-hybridized carbons (Fsp3) is 0.516. The van der Waals surface area contributed by atoms with Crippen molar-refractivity contribution >= 4 is 23.5 Å². The van der Waals surface area contributed by atoms with Crippen molar-refractivity contribution in [3.63, 3.8) is 0 Å². The van der Waals surface area contributed by atoms with Crippen molar-refractivity contribution in [1.82, 2.24) is 15.1 Å². The maximum atomic E-state index is 13.7. The van der Waals surface area contributed by atoms with E-state index >= 15 is 0 Å². The molecule has 2 atom stereocenters. The highest BCUT2D eigenvalue weighted by atomic mass is 16.2. The molecule has 4 amide bonds. The van der Waals surface area contributed by atoms with Crippen LogP contribution in [0.2, 0.25) is 0 Å². The number of likely N-dealkylation sites (tertiary alicyclic amines) is 2. The van der Waals surface area contributed by atoms with Gasteiger partial charge in [-0.05, 0) is 75.1 Å². The van der Waals surface area contributed by atoms with Crippen molar-refractivity contribution in [2.45, 2.75) is 64.8 Å². The normalized spacial score (nSPS) is 22.8. The highest BCUT2D eigenvalue weighted by Gasteiger charge is 2.45. The van der Waals surface area contributed by atoms with Crippen LogP contribution in [0.4, 0.5) is 10.5 Å². The lowest BCUT2D eigenvalue weighted by molar-refractivity contribution is -0.136. The summed E-state index contributed by atoms with van der Waals surface area (Å²) in [6, 6.07) is 15.2. The van der Waals surface area contributed by atoms with Crippen LogP contribution in [-0.4, -0.2) is 59.9 Å². The van der Waals surface area contributed by atoms with Crippen LogP contribution in [0, 0.1) is 25.2 Å². The van der Waals surface area contributed by atoms with Gasteiger partial charge in [-0.15, -0.1) is 0 Å². The van der Waals surface area contributed by atoms with Gasteiger partial charge in [0.2, 0.25) is 5.91 Å². The Labute approximate surface area is 226 Å². The standard InChI is InChI=1S/C31H40N4O3/c1-22-12-13-26(23(2)20-22)33-30(38)34-17-14-31(15-18-34)16-19-35(21-31)29(37)25-10-6-7-11-27(25)32-28(36)24-8-4-3-5-9-24/h3-5,8-9,12-13,20,25,27H,6-7,10-11,14-19,21H2,1-2H3,(H,32,36)(H,33,38)/t25-,27+/m0/s1. The maximum absolute atomic E-state index is 13.7. The minimum absolute atomic E-state index is 0.0445. The van der Waals surface area contributed by atoms with Gasteiger partial charge in [0.1, 0.15) is 0 Å². The third kappa shape index (κ3) is 5.71. The van der Waals surface area contributed by atoms with Crippen molar-refractivity contribution < 1.29 is 14.4 Å². The summed E-state index contributed by atoms with van der Waals surface area (Å²) in [7, 11) is 0. The molecule has 0 aromatic heterocycles. The zero-order valence-electron chi connectivity index (χ0n) is 22.7. The first-order chi connectivity index (χ1) is 18.3. The minimum atomic E-state index is -0.157.